The third kappa shape index (κ3) is 3.05. The second kappa shape index (κ2) is 7.07. The first-order valence-corrected chi connectivity index (χ1v) is 11.5. The molecule has 7 atom stereocenters. The summed E-state index contributed by atoms with van der Waals surface area (Å²) < 4.78 is 5.87. The van der Waals surface area contributed by atoms with Gasteiger partial charge in [-0.25, -0.2) is 0 Å². The quantitative estimate of drug-likeness (QED) is 0.567. The minimum Gasteiger partial charge on any atom is -0.465 e. The van der Waals surface area contributed by atoms with Crippen LogP contribution in [0.3, 0.4) is 0 Å². The lowest BCUT2D eigenvalue weighted by Crippen LogP contribution is -2.50. The fourth-order valence-corrected chi connectivity index (χ4v) is 7.29. The Bertz CT molecular complexity index is 730. The summed E-state index contributed by atoms with van der Waals surface area (Å²) in [6.07, 6.45) is 7.30. The number of oxime groups is 1. The predicted molar refractivity (Wildman–Crippen MR) is 108 cm³/mol. The zero-order valence-corrected chi connectivity index (χ0v) is 17.7. The number of hydrogen-bond donors (Lipinski definition) is 1. The second-order valence-electron chi connectivity index (χ2n) is 10.6. The predicted octanol–water partition coefficient (Wildman–Crippen LogP) is 3.10. The maximum Gasteiger partial charge on any atom is 0.309 e. The summed E-state index contributed by atoms with van der Waals surface area (Å²) >= 11 is 0. The van der Waals surface area contributed by atoms with Gasteiger partial charge in [0.2, 0.25) is 0 Å². The van der Waals surface area contributed by atoms with Gasteiger partial charge >= 0.3 is 5.97 Å². The molecule has 0 bridgehead atoms. The van der Waals surface area contributed by atoms with Crippen LogP contribution in [0.1, 0.15) is 65.2 Å². The fraction of sp³-hybridized carbons (Fsp3) is 0.870. The molecule has 0 amide bonds. The largest absolute Gasteiger partial charge is 0.465 e. The van der Waals surface area contributed by atoms with E-state index in [-0.39, 0.29) is 28.8 Å². The molecule has 0 aromatic heterocycles. The van der Waals surface area contributed by atoms with Crippen molar-refractivity contribution in [2.24, 2.45) is 39.7 Å². The number of rotatable bonds is 2. The van der Waals surface area contributed by atoms with Crippen LogP contribution < -0.4 is 5.32 Å². The van der Waals surface area contributed by atoms with Crippen LogP contribution in [-0.2, 0) is 19.2 Å². The van der Waals surface area contributed by atoms with Crippen molar-refractivity contribution in [1.29, 1.82) is 0 Å². The van der Waals surface area contributed by atoms with Crippen molar-refractivity contribution in [3.05, 3.63) is 0 Å². The Morgan fingerprint density at radius 1 is 1.10 bits per heavy atom. The molecule has 5 aliphatic rings. The SMILES string of the molecule is C[C@]12CC/C(=N/O[C@@H]3CCNC3)CC1C(=O)OC[C@@H]1[C@@H]2CC[C@]2(C)C(=O)CC[C@@H]12. The molecule has 1 N–H and O–H groups in total. The summed E-state index contributed by atoms with van der Waals surface area (Å²) in [5.41, 5.74) is 0.736. The highest BCUT2D eigenvalue weighted by Crippen LogP contribution is 2.62. The van der Waals surface area contributed by atoms with E-state index in [1.54, 1.807) is 0 Å². The number of carbonyl (C=O) groups is 2. The van der Waals surface area contributed by atoms with Crippen LogP contribution in [0.15, 0.2) is 5.16 Å². The average Bonchev–Trinajstić information content (AvgIpc) is 3.31. The number of nitrogens with zero attached hydrogens (tertiary/aromatic N) is 1. The van der Waals surface area contributed by atoms with Crippen molar-refractivity contribution in [2.45, 2.75) is 71.3 Å². The molecule has 2 heterocycles. The van der Waals surface area contributed by atoms with Crippen LogP contribution in [0.5, 0.6) is 0 Å². The Kier molecular flexibility index (Phi) is 4.76. The monoisotopic (exact) mass is 402 g/mol. The molecule has 2 saturated heterocycles. The minimum atomic E-state index is -0.200. The molecule has 5 rings (SSSR count). The number of esters is 1. The Labute approximate surface area is 173 Å². The van der Waals surface area contributed by atoms with Gasteiger partial charge in [0.1, 0.15) is 11.9 Å². The third-order valence-corrected chi connectivity index (χ3v) is 9.23. The highest BCUT2D eigenvalue weighted by molar-refractivity contribution is 5.90. The molecule has 5 fully saturated rings. The van der Waals surface area contributed by atoms with E-state index in [2.05, 4.69) is 24.3 Å². The van der Waals surface area contributed by atoms with E-state index in [9.17, 15) is 9.59 Å². The molecular formula is C23H34N2O4. The molecule has 6 nitrogen and oxygen atoms in total. The lowest BCUT2D eigenvalue weighted by atomic mass is 9.50. The highest BCUT2D eigenvalue weighted by Gasteiger charge is 2.61. The van der Waals surface area contributed by atoms with Crippen LogP contribution in [0.4, 0.5) is 0 Å². The van der Waals surface area contributed by atoms with Crippen LogP contribution >= 0.6 is 0 Å². The first-order valence-electron chi connectivity index (χ1n) is 11.5. The van der Waals surface area contributed by atoms with Crippen LogP contribution in [0.2, 0.25) is 0 Å². The minimum absolute atomic E-state index is 0.0668. The number of hydrogen-bond acceptors (Lipinski definition) is 6. The van der Waals surface area contributed by atoms with Crippen LogP contribution in [-0.4, -0.2) is 43.3 Å². The summed E-state index contributed by atoms with van der Waals surface area (Å²) in [6, 6.07) is 0. The standard InChI is InChI=1S/C23H34N2O4/c1-22-8-5-14(25-29-15-7-10-24-12-15)11-19(22)21(27)28-13-16-17-3-4-20(26)23(17,2)9-6-18(16)22/h15-19,24H,3-13H2,1-2H3/b25-14-/t15-,16+,17+,18+,19?,22-,23+/m1/s1. The normalized spacial score (nSPS) is 48.5. The van der Waals surface area contributed by atoms with Gasteiger partial charge in [-0.2, -0.15) is 0 Å². The lowest BCUT2D eigenvalue weighted by molar-refractivity contribution is -0.151. The Morgan fingerprint density at radius 3 is 2.76 bits per heavy atom. The first-order chi connectivity index (χ1) is 13.9. The first kappa shape index (κ1) is 19.5. The van der Waals surface area contributed by atoms with E-state index < -0.39 is 0 Å². The Hall–Kier alpha value is -1.43. The molecule has 2 aliphatic heterocycles. The van der Waals surface area contributed by atoms with E-state index in [4.69, 9.17) is 9.57 Å². The van der Waals surface area contributed by atoms with Crippen molar-refractivity contribution in [3.8, 4) is 0 Å². The number of fused-ring (bicyclic) bond motifs is 5. The number of nitrogens with one attached hydrogen (secondary N) is 1. The van der Waals surface area contributed by atoms with Crippen LogP contribution in [0.25, 0.3) is 0 Å². The molecule has 3 saturated carbocycles. The van der Waals surface area contributed by atoms with Crippen molar-refractivity contribution in [1.82, 2.24) is 5.32 Å². The molecule has 1 unspecified atom stereocenters. The van der Waals surface area contributed by atoms with Crippen molar-refractivity contribution >= 4 is 17.5 Å². The molecule has 0 aromatic carbocycles. The van der Waals surface area contributed by atoms with Crippen LogP contribution in [0, 0.1) is 34.5 Å². The fourth-order valence-electron chi connectivity index (χ4n) is 7.29. The van der Waals surface area contributed by atoms with Crippen molar-refractivity contribution in [2.75, 3.05) is 19.7 Å². The number of Topliss-reactive ketones (excluding diaryl/α,β-unsaturated/α-hetero) is 1. The van der Waals surface area contributed by atoms with Gasteiger partial charge in [0.05, 0.1) is 18.2 Å². The summed E-state index contributed by atoms with van der Waals surface area (Å²) in [7, 11) is 0. The molecule has 160 valence electrons. The smallest absolute Gasteiger partial charge is 0.309 e. The summed E-state index contributed by atoms with van der Waals surface area (Å²) in [5.74, 6) is 1.35. The number of cyclic esters (lactones) is 1. The maximum absolute atomic E-state index is 13.0. The van der Waals surface area contributed by atoms with Gasteiger partial charge in [0, 0.05) is 37.1 Å². The molecule has 0 spiro atoms. The van der Waals surface area contributed by atoms with E-state index in [0.29, 0.717) is 43.0 Å². The van der Waals surface area contributed by atoms with Gasteiger partial charge in [0.25, 0.3) is 0 Å². The summed E-state index contributed by atoms with van der Waals surface area (Å²) in [6.45, 7) is 6.78. The van der Waals surface area contributed by atoms with Gasteiger partial charge in [0.15, 0.2) is 0 Å². The van der Waals surface area contributed by atoms with E-state index >= 15 is 0 Å². The molecular weight excluding hydrogens is 368 g/mol. The molecule has 0 radical (unpaired) electrons. The number of ether oxygens (including phenoxy) is 1. The van der Waals surface area contributed by atoms with E-state index in [0.717, 1.165) is 57.3 Å². The average molecular weight is 403 g/mol. The van der Waals surface area contributed by atoms with Gasteiger partial charge in [-0.3, -0.25) is 9.59 Å². The molecule has 6 heteroatoms. The van der Waals surface area contributed by atoms with E-state index in [1.165, 1.54) is 0 Å². The molecule has 0 aromatic rings. The lowest BCUT2D eigenvalue weighted by Gasteiger charge is -2.52. The van der Waals surface area contributed by atoms with Crippen molar-refractivity contribution in [3.63, 3.8) is 0 Å². The van der Waals surface area contributed by atoms with Crippen molar-refractivity contribution < 1.29 is 19.2 Å². The van der Waals surface area contributed by atoms with Gasteiger partial charge in [-0.05, 0) is 55.9 Å². The topological polar surface area (TPSA) is 77.0 Å². The third-order valence-electron chi connectivity index (χ3n) is 9.23. The van der Waals surface area contributed by atoms with Gasteiger partial charge < -0.3 is 14.9 Å². The maximum atomic E-state index is 13.0. The summed E-state index contributed by atoms with van der Waals surface area (Å²) in [5, 5.41) is 7.74. The number of carbonyl (C=O) groups excluding carboxylic acids is 2. The Balaban J connectivity index is 1.38. The van der Waals surface area contributed by atoms with E-state index in [1.807, 2.05) is 0 Å². The second-order valence-corrected chi connectivity index (χ2v) is 10.6. The zero-order valence-electron chi connectivity index (χ0n) is 17.7. The van der Waals surface area contributed by atoms with Gasteiger partial charge in [-0.1, -0.05) is 19.0 Å². The Morgan fingerprint density at radius 2 is 1.97 bits per heavy atom. The molecule has 3 aliphatic carbocycles. The number of ketones is 1. The zero-order chi connectivity index (χ0) is 20.2. The molecule has 29 heavy (non-hydrogen) atoms. The summed E-state index contributed by atoms with van der Waals surface area (Å²) in [4.78, 5) is 31.4. The van der Waals surface area contributed by atoms with Gasteiger partial charge in [-0.15, -0.1) is 0 Å². The highest BCUT2D eigenvalue weighted by atomic mass is 16.6.